The molecule has 0 fully saturated rings. The second-order valence-corrected chi connectivity index (χ2v) is 3.72. The highest BCUT2D eigenvalue weighted by Crippen LogP contribution is 2.14. The Hall–Kier alpha value is -1.78. The van der Waals surface area contributed by atoms with Crippen LogP contribution in [-0.4, -0.2) is 19.3 Å². The van der Waals surface area contributed by atoms with Crippen LogP contribution in [0.15, 0.2) is 24.7 Å². The van der Waals surface area contributed by atoms with E-state index in [9.17, 15) is 0 Å². The molecular weight excluding hydrogens is 190 g/mol. The van der Waals surface area contributed by atoms with Crippen LogP contribution in [-0.2, 0) is 6.54 Å². The summed E-state index contributed by atoms with van der Waals surface area (Å²) in [7, 11) is 0. The minimum absolute atomic E-state index is 0.256. The van der Waals surface area contributed by atoms with Crippen molar-refractivity contribution in [2.45, 2.75) is 26.4 Å². The number of aromatic nitrogens is 4. The number of hydrogen-bond acceptors (Lipinski definition) is 3. The minimum Gasteiger partial charge on any atom is -0.369 e. The fourth-order valence-electron chi connectivity index (χ4n) is 1.65. The van der Waals surface area contributed by atoms with E-state index in [0.717, 1.165) is 12.2 Å². The van der Waals surface area contributed by atoms with Crippen LogP contribution >= 0.6 is 0 Å². The van der Waals surface area contributed by atoms with E-state index in [2.05, 4.69) is 17.0 Å². The lowest BCUT2D eigenvalue weighted by molar-refractivity contribution is 0.441. The predicted octanol–water partition coefficient (Wildman–Crippen LogP) is 1.23. The van der Waals surface area contributed by atoms with Gasteiger partial charge in [0.05, 0.1) is 18.3 Å². The van der Waals surface area contributed by atoms with Gasteiger partial charge in [-0.25, -0.2) is 4.98 Å². The molecule has 1 unspecified atom stereocenters. The summed E-state index contributed by atoms with van der Waals surface area (Å²) in [4.78, 5) is 4.17. The molecule has 0 spiro atoms. The molecule has 0 radical (unpaired) electrons. The van der Waals surface area contributed by atoms with Crippen LogP contribution in [0.1, 0.15) is 18.7 Å². The molecule has 2 heterocycles. The molecule has 1 atom stereocenters. The summed E-state index contributed by atoms with van der Waals surface area (Å²) in [5.41, 5.74) is 6.74. The second kappa shape index (κ2) is 3.76. The summed E-state index contributed by atoms with van der Waals surface area (Å²) in [6, 6.07) is 2.17. The Morgan fingerprint density at radius 2 is 2.33 bits per heavy atom. The van der Waals surface area contributed by atoms with E-state index in [1.807, 2.05) is 34.6 Å². The summed E-state index contributed by atoms with van der Waals surface area (Å²) in [6.07, 6.45) is 5.68. The van der Waals surface area contributed by atoms with E-state index in [4.69, 9.17) is 5.73 Å². The predicted molar refractivity (Wildman–Crippen MR) is 58.3 cm³/mol. The molecule has 2 aromatic rings. The van der Waals surface area contributed by atoms with Crippen LogP contribution in [0, 0.1) is 6.92 Å². The van der Waals surface area contributed by atoms with E-state index in [-0.39, 0.29) is 6.04 Å². The SMILES string of the molecule is Cc1cn(C(C)Cn2cccn2)c(N)n1. The van der Waals surface area contributed by atoms with Crippen molar-refractivity contribution in [2.24, 2.45) is 0 Å². The number of rotatable bonds is 3. The van der Waals surface area contributed by atoms with E-state index in [1.54, 1.807) is 6.20 Å². The quantitative estimate of drug-likeness (QED) is 0.819. The van der Waals surface area contributed by atoms with Gasteiger partial charge in [-0.1, -0.05) is 0 Å². The summed E-state index contributed by atoms with van der Waals surface area (Å²) in [5.74, 6) is 0.562. The van der Waals surface area contributed by atoms with Gasteiger partial charge < -0.3 is 10.3 Å². The maximum Gasteiger partial charge on any atom is 0.200 e. The van der Waals surface area contributed by atoms with Gasteiger partial charge in [0.2, 0.25) is 5.95 Å². The maximum atomic E-state index is 5.79. The topological polar surface area (TPSA) is 61.7 Å². The number of nitrogen functional groups attached to an aromatic ring is 1. The van der Waals surface area contributed by atoms with E-state index < -0.39 is 0 Å². The van der Waals surface area contributed by atoms with Gasteiger partial charge >= 0.3 is 0 Å². The molecule has 0 aliphatic heterocycles. The molecule has 2 N–H and O–H groups in total. The molecule has 0 bridgehead atoms. The molecule has 2 aromatic heterocycles. The number of nitrogens with zero attached hydrogens (tertiary/aromatic N) is 4. The first-order valence-electron chi connectivity index (χ1n) is 4.95. The van der Waals surface area contributed by atoms with Crippen molar-refractivity contribution in [2.75, 3.05) is 5.73 Å². The van der Waals surface area contributed by atoms with Gasteiger partial charge in [-0.3, -0.25) is 4.68 Å². The number of hydrogen-bond donors (Lipinski definition) is 1. The van der Waals surface area contributed by atoms with Gasteiger partial charge in [-0.2, -0.15) is 5.10 Å². The Balaban J connectivity index is 2.14. The molecule has 15 heavy (non-hydrogen) atoms. The van der Waals surface area contributed by atoms with E-state index >= 15 is 0 Å². The lowest BCUT2D eigenvalue weighted by Crippen LogP contribution is -2.14. The van der Waals surface area contributed by atoms with Gasteiger partial charge in [0.15, 0.2) is 0 Å². The molecule has 0 saturated heterocycles. The standard InChI is InChI=1S/C10H15N5/c1-8-6-15(10(11)13-8)9(2)7-14-5-3-4-12-14/h3-6,9H,7H2,1-2H3,(H2,11,13). The van der Waals surface area contributed by atoms with Gasteiger partial charge in [0.1, 0.15) is 0 Å². The van der Waals surface area contributed by atoms with Crippen molar-refractivity contribution in [1.29, 1.82) is 0 Å². The Morgan fingerprint density at radius 1 is 1.53 bits per heavy atom. The normalized spacial score (nSPS) is 12.9. The van der Waals surface area contributed by atoms with E-state index in [1.165, 1.54) is 0 Å². The zero-order valence-electron chi connectivity index (χ0n) is 8.96. The lowest BCUT2D eigenvalue weighted by Gasteiger charge is -2.14. The van der Waals surface area contributed by atoms with Crippen LogP contribution in [0.2, 0.25) is 0 Å². The Morgan fingerprint density at radius 3 is 2.87 bits per heavy atom. The van der Waals surface area contributed by atoms with Crippen LogP contribution in [0.5, 0.6) is 0 Å². The molecule has 0 amide bonds. The summed E-state index contributed by atoms with van der Waals surface area (Å²) in [6.45, 7) is 4.83. The summed E-state index contributed by atoms with van der Waals surface area (Å²) in [5, 5.41) is 4.16. The molecule has 0 saturated carbocycles. The van der Waals surface area contributed by atoms with Crippen molar-refractivity contribution < 1.29 is 0 Å². The highest BCUT2D eigenvalue weighted by Gasteiger charge is 2.09. The van der Waals surface area contributed by atoms with E-state index in [0.29, 0.717) is 5.95 Å². The zero-order valence-corrected chi connectivity index (χ0v) is 8.96. The number of nitrogens with two attached hydrogens (primary N) is 1. The average Bonchev–Trinajstić information content (AvgIpc) is 2.75. The molecule has 2 rings (SSSR count). The average molecular weight is 205 g/mol. The van der Waals surface area contributed by atoms with Crippen molar-refractivity contribution >= 4 is 5.95 Å². The molecular formula is C10H15N5. The first-order valence-corrected chi connectivity index (χ1v) is 4.95. The van der Waals surface area contributed by atoms with Crippen molar-refractivity contribution in [3.8, 4) is 0 Å². The fourth-order valence-corrected chi connectivity index (χ4v) is 1.65. The monoisotopic (exact) mass is 205 g/mol. The van der Waals surface area contributed by atoms with Crippen LogP contribution in [0.3, 0.4) is 0 Å². The summed E-state index contributed by atoms with van der Waals surface area (Å²) >= 11 is 0. The summed E-state index contributed by atoms with van der Waals surface area (Å²) < 4.78 is 3.86. The number of anilines is 1. The zero-order chi connectivity index (χ0) is 10.8. The van der Waals surface area contributed by atoms with Gasteiger partial charge in [0.25, 0.3) is 0 Å². The largest absolute Gasteiger partial charge is 0.369 e. The molecule has 0 aliphatic carbocycles. The highest BCUT2D eigenvalue weighted by atomic mass is 15.3. The van der Waals surface area contributed by atoms with Gasteiger partial charge in [0, 0.05) is 18.6 Å². The molecule has 5 heteroatoms. The van der Waals surface area contributed by atoms with Crippen LogP contribution in [0.4, 0.5) is 5.95 Å². The third-order valence-electron chi connectivity index (χ3n) is 2.37. The first kappa shape index (κ1) is 9.76. The van der Waals surface area contributed by atoms with Crippen molar-refractivity contribution in [3.05, 3.63) is 30.4 Å². The number of aryl methyl sites for hydroxylation is 1. The van der Waals surface area contributed by atoms with Crippen LogP contribution in [0.25, 0.3) is 0 Å². The highest BCUT2D eigenvalue weighted by molar-refractivity contribution is 5.22. The molecule has 5 nitrogen and oxygen atoms in total. The third kappa shape index (κ3) is 2.01. The first-order chi connectivity index (χ1) is 7.16. The maximum absolute atomic E-state index is 5.79. The van der Waals surface area contributed by atoms with Crippen LogP contribution < -0.4 is 5.73 Å². The minimum atomic E-state index is 0.256. The van der Waals surface area contributed by atoms with Gasteiger partial charge in [-0.15, -0.1) is 0 Å². The van der Waals surface area contributed by atoms with Crippen molar-refractivity contribution in [3.63, 3.8) is 0 Å². The Bertz CT molecular complexity index is 429. The van der Waals surface area contributed by atoms with Gasteiger partial charge in [-0.05, 0) is 19.9 Å². The second-order valence-electron chi connectivity index (χ2n) is 3.72. The Labute approximate surface area is 88.5 Å². The molecule has 0 aromatic carbocycles. The third-order valence-corrected chi connectivity index (χ3v) is 2.37. The molecule has 80 valence electrons. The van der Waals surface area contributed by atoms with Crippen molar-refractivity contribution in [1.82, 2.24) is 19.3 Å². The molecule has 0 aliphatic rings. The number of imidazole rings is 1. The fraction of sp³-hybridized carbons (Fsp3) is 0.400. The Kier molecular flexibility index (Phi) is 2.45. The lowest BCUT2D eigenvalue weighted by atomic mass is 10.3. The smallest absolute Gasteiger partial charge is 0.200 e.